The molecule has 1 N–H and O–H groups in total. The van der Waals surface area contributed by atoms with Gasteiger partial charge in [-0.15, -0.1) is 5.10 Å². The zero-order chi connectivity index (χ0) is 22.1. The summed E-state index contributed by atoms with van der Waals surface area (Å²) in [5.74, 6) is -0.942. The molecule has 1 aromatic carbocycles. The molecule has 11 nitrogen and oxygen atoms in total. The van der Waals surface area contributed by atoms with Gasteiger partial charge in [0.05, 0.1) is 12.2 Å². The van der Waals surface area contributed by atoms with E-state index in [2.05, 4.69) is 20.4 Å². The predicted octanol–water partition coefficient (Wildman–Crippen LogP) is 1.38. The molecule has 160 valence electrons. The van der Waals surface area contributed by atoms with E-state index in [-0.39, 0.29) is 13.2 Å². The highest BCUT2D eigenvalue weighted by atomic mass is 32.1. The van der Waals surface area contributed by atoms with E-state index in [4.69, 9.17) is 4.74 Å². The standard InChI is InChI=1S/C19H19N7O4S/c1-4-30-17(28)11-6-5-7-12(8-11)21-13(27)9-26-19(29)25-10-20-15-14(16(25)23-26)31-18(22-15)24(2)3/h5-8,10H,4,9H2,1-3H3,(H,21,27). The van der Waals surface area contributed by atoms with Crippen LogP contribution in [0.15, 0.2) is 35.4 Å². The summed E-state index contributed by atoms with van der Waals surface area (Å²) in [5.41, 5.74) is 1.12. The number of carbonyl (C=O) groups is 2. The van der Waals surface area contributed by atoms with Crippen molar-refractivity contribution in [2.75, 3.05) is 30.9 Å². The molecule has 3 aromatic heterocycles. The second-order valence-corrected chi connectivity index (χ2v) is 7.75. The Kier molecular flexibility index (Phi) is 5.38. The van der Waals surface area contributed by atoms with Crippen molar-refractivity contribution in [3.8, 4) is 0 Å². The lowest BCUT2D eigenvalue weighted by Gasteiger charge is -2.07. The van der Waals surface area contributed by atoms with Crippen molar-refractivity contribution in [2.45, 2.75) is 13.5 Å². The summed E-state index contributed by atoms with van der Waals surface area (Å²) in [7, 11) is 3.72. The molecular formula is C19H19N7O4S. The van der Waals surface area contributed by atoms with Crippen molar-refractivity contribution in [3.05, 3.63) is 46.6 Å². The van der Waals surface area contributed by atoms with Gasteiger partial charge < -0.3 is 15.0 Å². The van der Waals surface area contributed by atoms with Gasteiger partial charge in [0, 0.05) is 19.8 Å². The number of thiazole rings is 1. The average Bonchev–Trinajstić information content (AvgIpc) is 3.30. The number of amides is 1. The first-order chi connectivity index (χ1) is 14.9. The van der Waals surface area contributed by atoms with Crippen molar-refractivity contribution in [1.82, 2.24) is 24.1 Å². The molecular weight excluding hydrogens is 422 g/mol. The number of anilines is 2. The highest BCUT2D eigenvalue weighted by molar-refractivity contribution is 7.22. The smallest absolute Gasteiger partial charge is 0.352 e. The summed E-state index contributed by atoms with van der Waals surface area (Å²) in [6.45, 7) is 1.67. The third kappa shape index (κ3) is 3.97. The number of nitrogens with zero attached hydrogens (tertiary/aromatic N) is 6. The minimum atomic E-state index is -0.486. The summed E-state index contributed by atoms with van der Waals surface area (Å²) in [4.78, 5) is 47.5. The van der Waals surface area contributed by atoms with Crippen molar-refractivity contribution in [1.29, 1.82) is 0 Å². The molecule has 1 amide bonds. The first-order valence-electron chi connectivity index (χ1n) is 9.36. The number of hydrogen-bond donors (Lipinski definition) is 1. The third-order valence-corrected chi connectivity index (χ3v) is 5.51. The molecule has 0 saturated carbocycles. The number of benzene rings is 1. The van der Waals surface area contributed by atoms with Gasteiger partial charge in [-0.1, -0.05) is 17.4 Å². The van der Waals surface area contributed by atoms with Gasteiger partial charge in [-0.25, -0.2) is 23.7 Å². The maximum Gasteiger partial charge on any atom is 0.352 e. The topological polar surface area (TPSA) is 124 Å². The van der Waals surface area contributed by atoms with Gasteiger partial charge >= 0.3 is 11.7 Å². The van der Waals surface area contributed by atoms with Crippen molar-refractivity contribution in [2.24, 2.45) is 0 Å². The fourth-order valence-corrected chi connectivity index (χ4v) is 3.81. The fraction of sp³-hybridized carbons (Fsp3) is 0.263. The van der Waals surface area contributed by atoms with E-state index >= 15 is 0 Å². The maximum absolute atomic E-state index is 12.7. The van der Waals surface area contributed by atoms with Crippen molar-refractivity contribution in [3.63, 3.8) is 0 Å². The lowest BCUT2D eigenvalue weighted by molar-refractivity contribution is -0.117. The second-order valence-electron chi connectivity index (χ2n) is 6.77. The van der Waals surface area contributed by atoms with E-state index in [9.17, 15) is 14.4 Å². The number of ether oxygens (including phenoxy) is 1. The van der Waals surface area contributed by atoms with Crippen LogP contribution in [0.2, 0.25) is 0 Å². The number of nitrogens with one attached hydrogen (secondary N) is 1. The highest BCUT2D eigenvalue weighted by Crippen LogP contribution is 2.28. The van der Waals surface area contributed by atoms with Crippen LogP contribution in [0, 0.1) is 0 Å². The number of esters is 1. The normalized spacial score (nSPS) is 11.1. The van der Waals surface area contributed by atoms with Crippen molar-refractivity contribution >= 4 is 50.0 Å². The van der Waals surface area contributed by atoms with Crippen LogP contribution in [0.25, 0.3) is 16.0 Å². The first kappa shape index (κ1) is 20.5. The zero-order valence-electron chi connectivity index (χ0n) is 17.0. The molecule has 12 heteroatoms. The molecule has 0 unspecified atom stereocenters. The Labute approximate surface area is 179 Å². The Morgan fingerprint density at radius 1 is 1.29 bits per heavy atom. The molecule has 3 heterocycles. The largest absolute Gasteiger partial charge is 0.462 e. The molecule has 0 aliphatic rings. The zero-order valence-corrected chi connectivity index (χ0v) is 17.8. The third-order valence-electron chi connectivity index (χ3n) is 4.30. The second kappa shape index (κ2) is 8.14. The summed E-state index contributed by atoms with van der Waals surface area (Å²) in [5, 5.41) is 7.71. The molecule has 4 aromatic rings. The summed E-state index contributed by atoms with van der Waals surface area (Å²) in [6, 6.07) is 6.37. The van der Waals surface area contributed by atoms with Gasteiger partial charge in [-0.05, 0) is 25.1 Å². The van der Waals surface area contributed by atoms with E-state index < -0.39 is 17.6 Å². The van der Waals surface area contributed by atoms with Crippen LogP contribution in [-0.4, -0.2) is 56.7 Å². The van der Waals surface area contributed by atoms with E-state index in [0.717, 1.165) is 9.81 Å². The fourth-order valence-electron chi connectivity index (χ4n) is 2.89. The molecule has 31 heavy (non-hydrogen) atoms. The quantitative estimate of drug-likeness (QED) is 0.445. The van der Waals surface area contributed by atoms with Crippen LogP contribution in [-0.2, 0) is 16.1 Å². The predicted molar refractivity (Wildman–Crippen MR) is 116 cm³/mol. The number of hydrogen-bond acceptors (Lipinski definition) is 9. The van der Waals surface area contributed by atoms with Crippen LogP contribution in [0.3, 0.4) is 0 Å². The van der Waals surface area contributed by atoms with Gasteiger partial charge in [0.15, 0.2) is 16.4 Å². The summed E-state index contributed by atoms with van der Waals surface area (Å²) < 4.78 is 7.97. The molecule has 0 aliphatic carbocycles. The highest BCUT2D eigenvalue weighted by Gasteiger charge is 2.17. The maximum atomic E-state index is 12.7. The number of fused-ring (bicyclic) bond motifs is 3. The minimum absolute atomic E-state index is 0.254. The average molecular weight is 441 g/mol. The molecule has 0 atom stereocenters. The molecule has 4 rings (SSSR count). The SMILES string of the molecule is CCOC(=O)c1cccc(NC(=O)Cn2nc3c4sc(N(C)C)nc4ncn3c2=O)c1. The Morgan fingerprint density at radius 3 is 2.84 bits per heavy atom. The number of carbonyl (C=O) groups excluding carboxylic acids is 2. The Morgan fingerprint density at radius 2 is 2.10 bits per heavy atom. The van der Waals surface area contributed by atoms with Gasteiger partial charge in [0.2, 0.25) is 5.91 Å². The molecule has 0 saturated heterocycles. The van der Waals surface area contributed by atoms with Gasteiger partial charge in [0.1, 0.15) is 17.6 Å². The Balaban J connectivity index is 1.58. The lowest BCUT2D eigenvalue weighted by atomic mass is 10.2. The molecule has 0 fully saturated rings. The number of rotatable bonds is 6. The van der Waals surface area contributed by atoms with Gasteiger partial charge in [-0.2, -0.15) is 4.98 Å². The van der Waals surface area contributed by atoms with Crippen LogP contribution in [0.1, 0.15) is 17.3 Å². The van der Waals surface area contributed by atoms with Gasteiger partial charge in [0.25, 0.3) is 0 Å². The summed E-state index contributed by atoms with van der Waals surface area (Å²) in [6.07, 6.45) is 1.35. The minimum Gasteiger partial charge on any atom is -0.462 e. The Bertz CT molecular complexity index is 1350. The van der Waals surface area contributed by atoms with Crippen LogP contribution >= 0.6 is 11.3 Å². The molecule has 0 bridgehead atoms. The van der Waals surface area contributed by atoms with Crippen molar-refractivity contribution < 1.29 is 14.3 Å². The van der Waals surface area contributed by atoms with Crippen LogP contribution in [0.5, 0.6) is 0 Å². The van der Waals surface area contributed by atoms with E-state index in [1.54, 1.807) is 25.1 Å². The lowest BCUT2D eigenvalue weighted by Crippen LogP contribution is -2.28. The molecule has 0 aliphatic heterocycles. The van der Waals surface area contributed by atoms with Crippen LogP contribution < -0.4 is 15.9 Å². The van der Waals surface area contributed by atoms with E-state index in [1.807, 2.05) is 19.0 Å². The van der Waals surface area contributed by atoms with Crippen LogP contribution in [0.4, 0.5) is 10.8 Å². The van der Waals surface area contributed by atoms with E-state index in [0.29, 0.717) is 27.2 Å². The van der Waals surface area contributed by atoms with Gasteiger partial charge in [-0.3, -0.25) is 4.79 Å². The Hall–Kier alpha value is -3.80. The number of aromatic nitrogens is 5. The molecule has 0 spiro atoms. The monoisotopic (exact) mass is 441 g/mol. The molecule has 0 radical (unpaired) electrons. The van der Waals surface area contributed by atoms with E-state index in [1.165, 1.54) is 28.1 Å². The summed E-state index contributed by atoms with van der Waals surface area (Å²) >= 11 is 1.36. The first-order valence-corrected chi connectivity index (χ1v) is 10.2.